The minimum absolute atomic E-state index is 0.245. The number of halogens is 1. The number of aromatic nitrogens is 2. The van der Waals surface area contributed by atoms with Crippen LogP contribution < -0.4 is 5.32 Å². The lowest BCUT2D eigenvalue weighted by atomic mass is 10.2. The summed E-state index contributed by atoms with van der Waals surface area (Å²) in [6, 6.07) is 5.58. The lowest BCUT2D eigenvalue weighted by Crippen LogP contribution is -2.05. The molecule has 1 N–H and O–H groups in total. The van der Waals surface area contributed by atoms with Gasteiger partial charge in [0.1, 0.15) is 28.3 Å². The molecule has 0 atom stereocenters. The van der Waals surface area contributed by atoms with Gasteiger partial charge in [-0.25, -0.2) is 9.97 Å². The van der Waals surface area contributed by atoms with E-state index in [4.69, 9.17) is 16.0 Å². The SMILES string of the molecule is Cc1ccc(CNc2cc(Cl)nc(C(C)C)n2)o1. The lowest BCUT2D eigenvalue weighted by molar-refractivity contribution is 0.490. The number of rotatable bonds is 4. The second-order valence-electron chi connectivity index (χ2n) is 4.45. The highest BCUT2D eigenvalue weighted by Crippen LogP contribution is 2.17. The molecule has 5 heteroatoms. The van der Waals surface area contributed by atoms with Gasteiger partial charge in [0, 0.05) is 12.0 Å². The monoisotopic (exact) mass is 265 g/mol. The normalized spacial score (nSPS) is 10.9. The number of hydrogen-bond donors (Lipinski definition) is 1. The minimum Gasteiger partial charge on any atom is -0.465 e. The first-order valence-corrected chi connectivity index (χ1v) is 6.26. The molecule has 0 aliphatic heterocycles. The molecular weight excluding hydrogens is 250 g/mol. The van der Waals surface area contributed by atoms with E-state index in [0.717, 1.165) is 17.3 Å². The van der Waals surface area contributed by atoms with E-state index in [-0.39, 0.29) is 5.92 Å². The van der Waals surface area contributed by atoms with Crippen LogP contribution in [0.15, 0.2) is 22.6 Å². The molecule has 0 spiro atoms. The molecule has 2 aromatic heterocycles. The van der Waals surface area contributed by atoms with Crippen LogP contribution in [0.3, 0.4) is 0 Å². The van der Waals surface area contributed by atoms with E-state index in [1.165, 1.54) is 0 Å². The molecule has 2 heterocycles. The first-order chi connectivity index (χ1) is 8.54. The highest BCUT2D eigenvalue weighted by molar-refractivity contribution is 6.29. The van der Waals surface area contributed by atoms with Gasteiger partial charge in [0.2, 0.25) is 0 Å². The van der Waals surface area contributed by atoms with E-state index in [0.29, 0.717) is 17.5 Å². The van der Waals surface area contributed by atoms with Gasteiger partial charge >= 0.3 is 0 Å². The first-order valence-electron chi connectivity index (χ1n) is 5.88. The van der Waals surface area contributed by atoms with Crippen LogP contribution >= 0.6 is 11.6 Å². The first kappa shape index (κ1) is 12.9. The van der Waals surface area contributed by atoms with E-state index in [9.17, 15) is 0 Å². The van der Waals surface area contributed by atoms with Crippen molar-refractivity contribution in [1.29, 1.82) is 0 Å². The minimum atomic E-state index is 0.245. The van der Waals surface area contributed by atoms with Crippen LogP contribution in [0.25, 0.3) is 0 Å². The Hall–Kier alpha value is -1.55. The van der Waals surface area contributed by atoms with Gasteiger partial charge in [-0.2, -0.15) is 0 Å². The second-order valence-corrected chi connectivity index (χ2v) is 4.84. The standard InChI is InChI=1S/C13H16ClN3O/c1-8(2)13-16-11(14)6-12(17-13)15-7-10-5-4-9(3)18-10/h4-6,8H,7H2,1-3H3,(H,15,16,17). The van der Waals surface area contributed by atoms with Crippen molar-refractivity contribution in [3.05, 3.63) is 40.7 Å². The number of nitrogens with zero attached hydrogens (tertiary/aromatic N) is 2. The zero-order chi connectivity index (χ0) is 13.1. The van der Waals surface area contributed by atoms with Crippen molar-refractivity contribution in [2.24, 2.45) is 0 Å². The van der Waals surface area contributed by atoms with Gasteiger partial charge < -0.3 is 9.73 Å². The Balaban J connectivity index is 2.09. The van der Waals surface area contributed by atoms with E-state index < -0.39 is 0 Å². The van der Waals surface area contributed by atoms with Gasteiger partial charge in [-0.05, 0) is 19.1 Å². The summed E-state index contributed by atoms with van der Waals surface area (Å²) in [5, 5.41) is 3.63. The van der Waals surface area contributed by atoms with Crippen molar-refractivity contribution in [2.45, 2.75) is 33.2 Å². The molecule has 18 heavy (non-hydrogen) atoms. The lowest BCUT2D eigenvalue weighted by Gasteiger charge is -2.08. The number of nitrogens with one attached hydrogen (secondary N) is 1. The van der Waals surface area contributed by atoms with E-state index >= 15 is 0 Å². The molecule has 0 aliphatic rings. The Bertz CT molecular complexity index is 537. The van der Waals surface area contributed by atoms with Crippen molar-refractivity contribution in [2.75, 3.05) is 5.32 Å². The molecule has 0 aliphatic carbocycles. The number of anilines is 1. The summed E-state index contributed by atoms with van der Waals surface area (Å²) >= 11 is 5.97. The average molecular weight is 266 g/mol. The molecule has 0 radical (unpaired) electrons. The predicted octanol–water partition coefficient (Wildman–Crippen LogP) is 3.77. The zero-order valence-corrected chi connectivity index (χ0v) is 11.5. The Labute approximate surface area is 111 Å². The molecule has 0 saturated carbocycles. The topological polar surface area (TPSA) is 51.0 Å². The van der Waals surface area contributed by atoms with Gasteiger partial charge in [0.25, 0.3) is 0 Å². The maximum Gasteiger partial charge on any atom is 0.135 e. The molecule has 0 aromatic carbocycles. The van der Waals surface area contributed by atoms with Gasteiger partial charge in [-0.3, -0.25) is 0 Å². The Morgan fingerprint density at radius 3 is 2.72 bits per heavy atom. The Kier molecular flexibility index (Phi) is 3.87. The zero-order valence-electron chi connectivity index (χ0n) is 10.7. The Morgan fingerprint density at radius 2 is 2.11 bits per heavy atom. The highest BCUT2D eigenvalue weighted by atomic mass is 35.5. The third-order valence-electron chi connectivity index (χ3n) is 2.47. The molecule has 0 fully saturated rings. The summed E-state index contributed by atoms with van der Waals surface area (Å²) in [6.45, 7) is 6.57. The third-order valence-corrected chi connectivity index (χ3v) is 2.66. The fourth-order valence-corrected chi connectivity index (χ4v) is 1.73. The maximum atomic E-state index is 5.97. The molecule has 2 aromatic rings. The largest absolute Gasteiger partial charge is 0.465 e. The van der Waals surface area contributed by atoms with Crippen LogP contribution in [-0.2, 0) is 6.54 Å². The van der Waals surface area contributed by atoms with E-state index in [1.54, 1.807) is 6.07 Å². The summed E-state index contributed by atoms with van der Waals surface area (Å²) in [4.78, 5) is 8.59. The molecular formula is C13H16ClN3O. The van der Waals surface area contributed by atoms with Crippen LogP contribution in [-0.4, -0.2) is 9.97 Å². The molecule has 0 saturated heterocycles. The summed E-state index contributed by atoms with van der Waals surface area (Å²) < 4.78 is 5.47. The van der Waals surface area contributed by atoms with Crippen molar-refractivity contribution < 1.29 is 4.42 Å². The highest BCUT2D eigenvalue weighted by Gasteiger charge is 2.07. The maximum absolute atomic E-state index is 5.97. The molecule has 0 bridgehead atoms. The second kappa shape index (κ2) is 5.40. The fraction of sp³-hybridized carbons (Fsp3) is 0.385. The average Bonchev–Trinajstić information content (AvgIpc) is 2.72. The van der Waals surface area contributed by atoms with E-state index in [2.05, 4.69) is 15.3 Å². The van der Waals surface area contributed by atoms with Crippen LogP contribution in [0.1, 0.15) is 37.1 Å². The van der Waals surface area contributed by atoms with Crippen molar-refractivity contribution in [1.82, 2.24) is 9.97 Å². The van der Waals surface area contributed by atoms with Crippen LogP contribution in [0.4, 0.5) is 5.82 Å². The van der Waals surface area contributed by atoms with Crippen LogP contribution in [0.5, 0.6) is 0 Å². The van der Waals surface area contributed by atoms with Gasteiger partial charge in [-0.15, -0.1) is 0 Å². The van der Waals surface area contributed by atoms with Crippen molar-refractivity contribution in [3.63, 3.8) is 0 Å². The Morgan fingerprint density at radius 1 is 1.33 bits per heavy atom. The summed E-state index contributed by atoms with van der Waals surface area (Å²) in [5.41, 5.74) is 0. The van der Waals surface area contributed by atoms with Crippen molar-refractivity contribution >= 4 is 17.4 Å². The molecule has 4 nitrogen and oxygen atoms in total. The van der Waals surface area contributed by atoms with E-state index in [1.807, 2.05) is 32.9 Å². The van der Waals surface area contributed by atoms with Crippen molar-refractivity contribution in [3.8, 4) is 0 Å². The van der Waals surface area contributed by atoms with Gasteiger partial charge in [0.05, 0.1) is 6.54 Å². The predicted molar refractivity (Wildman–Crippen MR) is 71.9 cm³/mol. The quantitative estimate of drug-likeness (QED) is 0.855. The molecule has 96 valence electrons. The molecule has 0 unspecified atom stereocenters. The molecule has 0 amide bonds. The number of furan rings is 1. The van der Waals surface area contributed by atoms with Crippen LogP contribution in [0, 0.1) is 6.92 Å². The van der Waals surface area contributed by atoms with Gasteiger partial charge in [-0.1, -0.05) is 25.4 Å². The van der Waals surface area contributed by atoms with Gasteiger partial charge in [0.15, 0.2) is 0 Å². The third kappa shape index (κ3) is 3.23. The molecule has 2 rings (SSSR count). The fourth-order valence-electron chi connectivity index (χ4n) is 1.54. The summed E-state index contributed by atoms with van der Waals surface area (Å²) in [6.07, 6.45) is 0. The summed E-state index contributed by atoms with van der Waals surface area (Å²) in [5.74, 6) is 3.47. The number of hydrogen-bond acceptors (Lipinski definition) is 4. The smallest absolute Gasteiger partial charge is 0.135 e. The van der Waals surface area contributed by atoms with Crippen LogP contribution in [0.2, 0.25) is 5.15 Å². The summed E-state index contributed by atoms with van der Waals surface area (Å²) in [7, 11) is 0. The number of aryl methyl sites for hydroxylation is 1.